The lowest BCUT2D eigenvalue weighted by Crippen LogP contribution is -2.28. The maximum absolute atomic E-state index is 13.1. The molecule has 0 aliphatic carbocycles. The van der Waals surface area contributed by atoms with Gasteiger partial charge in [0, 0.05) is 37.6 Å². The zero-order valence-electron chi connectivity index (χ0n) is 12.0. The first kappa shape index (κ1) is 15.4. The minimum atomic E-state index is -0.311. The van der Waals surface area contributed by atoms with Crippen LogP contribution in [-0.4, -0.2) is 22.4 Å². The lowest BCUT2D eigenvalue weighted by atomic mass is 10.2. The van der Waals surface area contributed by atoms with Gasteiger partial charge >= 0.3 is 4.87 Å². The highest BCUT2D eigenvalue weighted by Gasteiger charge is 2.11. The fourth-order valence-corrected chi connectivity index (χ4v) is 2.83. The molecular formula is C15H17FN2O2S. The van der Waals surface area contributed by atoms with Gasteiger partial charge in [0.1, 0.15) is 5.82 Å². The van der Waals surface area contributed by atoms with E-state index in [0.29, 0.717) is 13.1 Å². The lowest BCUT2D eigenvalue weighted by Gasteiger charge is -2.17. The first-order chi connectivity index (χ1) is 9.97. The van der Waals surface area contributed by atoms with Crippen LogP contribution in [0.4, 0.5) is 4.39 Å². The third kappa shape index (κ3) is 4.01. The van der Waals surface area contributed by atoms with E-state index in [0.717, 1.165) is 22.6 Å². The van der Waals surface area contributed by atoms with Crippen LogP contribution in [-0.2, 0) is 17.9 Å². The Bertz CT molecular complexity index is 693. The van der Waals surface area contributed by atoms with E-state index in [2.05, 4.69) is 0 Å². The number of amides is 1. The molecule has 0 aliphatic heterocycles. The van der Waals surface area contributed by atoms with Crippen molar-refractivity contribution in [2.24, 2.45) is 0 Å². The summed E-state index contributed by atoms with van der Waals surface area (Å²) in [6.45, 7) is 2.58. The standard InChI is InChI=1S/C15H17FN2O2S/c1-11-10-21-15(20)18(11)7-6-14(19)17(2)9-12-4-3-5-13(16)8-12/h3-5,8,10H,6-7,9H2,1-2H3. The van der Waals surface area contributed by atoms with Crippen LogP contribution in [0.5, 0.6) is 0 Å². The molecule has 0 fully saturated rings. The topological polar surface area (TPSA) is 42.3 Å². The number of benzene rings is 1. The fraction of sp³-hybridized carbons (Fsp3) is 0.333. The van der Waals surface area contributed by atoms with Gasteiger partial charge in [-0.05, 0) is 24.6 Å². The molecule has 112 valence electrons. The number of carbonyl (C=O) groups excluding carboxylic acids is 1. The summed E-state index contributed by atoms with van der Waals surface area (Å²) in [6, 6.07) is 6.19. The molecule has 1 amide bonds. The van der Waals surface area contributed by atoms with Gasteiger partial charge in [-0.2, -0.15) is 0 Å². The Labute approximate surface area is 126 Å². The second-order valence-corrected chi connectivity index (χ2v) is 5.74. The molecule has 0 bridgehead atoms. The van der Waals surface area contributed by atoms with E-state index in [9.17, 15) is 14.0 Å². The van der Waals surface area contributed by atoms with Crippen molar-refractivity contribution in [3.63, 3.8) is 0 Å². The van der Waals surface area contributed by atoms with Crippen molar-refractivity contribution in [3.05, 3.63) is 56.4 Å². The summed E-state index contributed by atoms with van der Waals surface area (Å²) in [6.07, 6.45) is 0.253. The molecule has 0 N–H and O–H groups in total. The first-order valence-corrected chi connectivity index (χ1v) is 7.48. The molecule has 0 aliphatic rings. The third-order valence-electron chi connectivity index (χ3n) is 3.26. The van der Waals surface area contributed by atoms with E-state index in [4.69, 9.17) is 0 Å². The monoisotopic (exact) mass is 308 g/mol. The summed E-state index contributed by atoms with van der Waals surface area (Å²) in [5, 5.41) is 1.78. The summed E-state index contributed by atoms with van der Waals surface area (Å²) in [4.78, 5) is 25.1. The van der Waals surface area contributed by atoms with Gasteiger partial charge in [-0.25, -0.2) is 4.39 Å². The minimum Gasteiger partial charge on any atom is -0.341 e. The van der Waals surface area contributed by atoms with Crippen molar-refractivity contribution < 1.29 is 9.18 Å². The molecule has 6 heteroatoms. The molecule has 2 rings (SSSR count). The Balaban J connectivity index is 1.93. The molecule has 0 spiro atoms. The number of hydrogen-bond acceptors (Lipinski definition) is 3. The van der Waals surface area contributed by atoms with Gasteiger partial charge < -0.3 is 9.47 Å². The smallest absolute Gasteiger partial charge is 0.307 e. The number of aromatic nitrogens is 1. The number of rotatable bonds is 5. The molecule has 0 atom stereocenters. The molecule has 0 radical (unpaired) electrons. The zero-order chi connectivity index (χ0) is 15.4. The highest BCUT2D eigenvalue weighted by atomic mass is 32.1. The molecule has 2 aromatic rings. The molecule has 21 heavy (non-hydrogen) atoms. The number of halogens is 1. The summed E-state index contributed by atoms with van der Waals surface area (Å²) in [7, 11) is 1.68. The second kappa shape index (κ2) is 6.67. The van der Waals surface area contributed by atoms with Crippen molar-refractivity contribution in [1.82, 2.24) is 9.47 Å². The van der Waals surface area contributed by atoms with Crippen LogP contribution in [0.3, 0.4) is 0 Å². The number of nitrogens with zero attached hydrogens (tertiary/aromatic N) is 2. The molecular weight excluding hydrogens is 291 g/mol. The molecule has 1 aromatic carbocycles. The van der Waals surface area contributed by atoms with Crippen molar-refractivity contribution in [1.29, 1.82) is 0 Å². The number of thiazole rings is 1. The normalized spacial score (nSPS) is 10.6. The quantitative estimate of drug-likeness (QED) is 0.851. The second-order valence-electron chi connectivity index (χ2n) is 4.92. The molecule has 0 saturated carbocycles. The van der Waals surface area contributed by atoms with E-state index < -0.39 is 0 Å². The van der Waals surface area contributed by atoms with Gasteiger partial charge in [-0.1, -0.05) is 23.5 Å². The van der Waals surface area contributed by atoms with Crippen molar-refractivity contribution >= 4 is 17.2 Å². The Morgan fingerprint density at radius 2 is 2.19 bits per heavy atom. The number of aryl methyl sites for hydroxylation is 1. The largest absolute Gasteiger partial charge is 0.341 e. The van der Waals surface area contributed by atoms with Crippen LogP contribution in [0, 0.1) is 12.7 Å². The van der Waals surface area contributed by atoms with Crippen LogP contribution in [0.25, 0.3) is 0 Å². The molecule has 4 nitrogen and oxygen atoms in total. The Hall–Kier alpha value is -1.95. The Morgan fingerprint density at radius 1 is 1.43 bits per heavy atom. The van der Waals surface area contributed by atoms with E-state index in [1.165, 1.54) is 12.1 Å². The lowest BCUT2D eigenvalue weighted by molar-refractivity contribution is -0.130. The Morgan fingerprint density at radius 3 is 2.81 bits per heavy atom. The number of carbonyl (C=O) groups is 1. The number of hydrogen-bond donors (Lipinski definition) is 0. The van der Waals surface area contributed by atoms with Gasteiger partial charge in [0.2, 0.25) is 5.91 Å². The van der Waals surface area contributed by atoms with Gasteiger partial charge in [0.25, 0.3) is 0 Å². The van der Waals surface area contributed by atoms with Gasteiger partial charge in [0.15, 0.2) is 0 Å². The van der Waals surface area contributed by atoms with Gasteiger partial charge in [-0.3, -0.25) is 9.59 Å². The third-order valence-corrected chi connectivity index (χ3v) is 4.14. The average molecular weight is 308 g/mol. The summed E-state index contributed by atoms with van der Waals surface area (Å²) in [5.41, 5.74) is 1.61. The zero-order valence-corrected chi connectivity index (χ0v) is 12.8. The van der Waals surface area contributed by atoms with Crippen LogP contribution >= 0.6 is 11.3 Å². The fourth-order valence-electron chi connectivity index (χ4n) is 2.07. The first-order valence-electron chi connectivity index (χ1n) is 6.60. The highest BCUT2D eigenvalue weighted by molar-refractivity contribution is 7.07. The van der Waals surface area contributed by atoms with Crippen molar-refractivity contribution in [2.75, 3.05) is 7.05 Å². The van der Waals surface area contributed by atoms with E-state index >= 15 is 0 Å². The summed E-state index contributed by atoms with van der Waals surface area (Å²) < 4.78 is 14.7. The molecule has 0 unspecified atom stereocenters. The van der Waals surface area contributed by atoms with Crippen molar-refractivity contribution in [3.8, 4) is 0 Å². The van der Waals surface area contributed by atoms with E-state index in [-0.39, 0.29) is 23.0 Å². The van der Waals surface area contributed by atoms with Crippen molar-refractivity contribution in [2.45, 2.75) is 26.4 Å². The Kier molecular flexibility index (Phi) is 4.90. The maximum atomic E-state index is 13.1. The predicted octanol–water partition coefficient (Wildman–Crippen LogP) is 2.41. The van der Waals surface area contributed by atoms with Gasteiger partial charge in [-0.15, -0.1) is 0 Å². The predicted molar refractivity (Wildman–Crippen MR) is 80.8 cm³/mol. The highest BCUT2D eigenvalue weighted by Crippen LogP contribution is 2.08. The molecule has 1 aromatic heterocycles. The minimum absolute atomic E-state index is 0.0481. The van der Waals surface area contributed by atoms with Crippen LogP contribution in [0.15, 0.2) is 34.4 Å². The van der Waals surface area contributed by atoms with Gasteiger partial charge in [0.05, 0.1) is 0 Å². The van der Waals surface area contributed by atoms with E-state index in [1.807, 2.05) is 6.92 Å². The summed E-state index contributed by atoms with van der Waals surface area (Å²) in [5.74, 6) is -0.384. The summed E-state index contributed by atoms with van der Waals surface area (Å²) >= 11 is 1.14. The van der Waals surface area contributed by atoms with E-state index in [1.54, 1.807) is 34.0 Å². The average Bonchev–Trinajstić information content (AvgIpc) is 2.75. The van der Waals surface area contributed by atoms with Crippen LogP contribution < -0.4 is 4.87 Å². The van der Waals surface area contributed by atoms with Crippen LogP contribution in [0.2, 0.25) is 0 Å². The van der Waals surface area contributed by atoms with Crippen LogP contribution in [0.1, 0.15) is 17.7 Å². The maximum Gasteiger partial charge on any atom is 0.307 e. The molecule has 0 saturated heterocycles. The SMILES string of the molecule is Cc1csc(=O)n1CCC(=O)N(C)Cc1cccc(F)c1. The molecule has 1 heterocycles.